The molecule has 0 N–H and O–H groups in total. The van der Waals surface area contributed by atoms with Crippen LogP contribution in [0.4, 0.5) is 10.1 Å². The van der Waals surface area contributed by atoms with Gasteiger partial charge in [0.2, 0.25) is 0 Å². The third kappa shape index (κ3) is 4.06. The minimum absolute atomic E-state index is 0.0968. The van der Waals surface area contributed by atoms with Gasteiger partial charge in [-0.3, -0.25) is 10.1 Å². The number of non-ortho nitro benzene ring substituents is 1. The number of nitro groups is 1. The van der Waals surface area contributed by atoms with Gasteiger partial charge in [-0.2, -0.15) is 0 Å². The Morgan fingerprint density at radius 1 is 0.971 bits per heavy atom. The molecule has 4 aromatic carbocycles. The van der Waals surface area contributed by atoms with Gasteiger partial charge in [0.1, 0.15) is 17.3 Å². The quantitative estimate of drug-likeness (QED) is 0.129. The molecule has 7 nitrogen and oxygen atoms in total. The molecule has 0 saturated heterocycles. The number of nitrogens with zero attached hydrogens (tertiary/aromatic N) is 2. The Morgan fingerprint density at radius 3 is 2.37 bits per heavy atom. The third-order valence-electron chi connectivity index (χ3n) is 5.83. The molecule has 8 heteroatoms. The normalized spacial score (nSPS) is 11.0. The van der Waals surface area contributed by atoms with E-state index in [1.807, 2.05) is 28.8 Å². The predicted molar refractivity (Wildman–Crippen MR) is 130 cm³/mol. The highest BCUT2D eigenvalue weighted by Crippen LogP contribution is 2.38. The number of methoxy groups -OCH3 is 1. The summed E-state index contributed by atoms with van der Waals surface area (Å²) in [6.07, 6.45) is 0. The Morgan fingerprint density at radius 2 is 1.69 bits per heavy atom. The number of rotatable bonds is 6. The number of esters is 1. The summed E-state index contributed by atoms with van der Waals surface area (Å²) in [6.45, 7) is 0.432. The summed E-state index contributed by atoms with van der Waals surface area (Å²) >= 11 is 0. The van der Waals surface area contributed by atoms with Crippen LogP contribution >= 0.6 is 0 Å². The number of carbonyl (C=O) groups is 1. The summed E-state index contributed by atoms with van der Waals surface area (Å²) in [6, 6.07) is 22.6. The molecule has 5 rings (SSSR count). The molecule has 0 amide bonds. The second kappa shape index (κ2) is 8.90. The lowest BCUT2D eigenvalue weighted by molar-refractivity contribution is -0.384. The lowest BCUT2D eigenvalue weighted by atomic mass is 10.1. The molecular formula is C27H19FN2O5. The number of nitro benzene ring substituents is 1. The number of hydrogen-bond donors (Lipinski definition) is 0. The highest BCUT2D eigenvalue weighted by molar-refractivity contribution is 6.18. The topological polar surface area (TPSA) is 83.6 Å². The van der Waals surface area contributed by atoms with Crippen molar-refractivity contribution < 1.29 is 23.6 Å². The fraction of sp³-hybridized carbons (Fsp3) is 0.0741. The van der Waals surface area contributed by atoms with Crippen LogP contribution in [0.5, 0.6) is 11.5 Å². The molecule has 0 saturated carbocycles. The summed E-state index contributed by atoms with van der Waals surface area (Å²) in [7, 11) is 1.56. The van der Waals surface area contributed by atoms with E-state index in [9.17, 15) is 19.3 Å². The molecule has 0 atom stereocenters. The molecule has 1 aromatic heterocycles. The highest BCUT2D eigenvalue weighted by atomic mass is 19.1. The van der Waals surface area contributed by atoms with E-state index >= 15 is 0 Å². The van der Waals surface area contributed by atoms with Crippen LogP contribution in [0.25, 0.3) is 21.8 Å². The number of halogens is 1. The van der Waals surface area contributed by atoms with Gasteiger partial charge in [0, 0.05) is 35.0 Å². The first-order chi connectivity index (χ1) is 17.0. The zero-order valence-electron chi connectivity index (χ0n) is 18.6. The molecule has 0 spiro atoms. The number of ether oxygens (including phenoxy) is 2. The molecule has 0 aliphatic rings. The standard InChI is InChI=1S/C27H19FN2O5/c1-34-24-15-14-22(27(31)35-20-12-10-19(11-13-20)30(32)33)25-21-4-2-3-5-23(21)29(26(24)25)16-17-6-8-18(28)9-7-17/h2-15H,16H2,1H3. The maximum absolute atomic E-state index is 13.5. The van der Waals surface area contributed by atoms with E-state index in [0.717, 1.165) is 16.5 Å². The van der Waals surface area contributed by atoms with Crippen molar-refractivity contribution in [3.05, 3.63) is 112 Å². The van der Waals surface area contributed by atoms with Crippen LogP contribution < -0.4 is 9.47 Å². The van der Waals surface area contributed by atoms with Gasteiger partial charge in [0.05, 0.1) is 23.1 Å². The summed E-state index contributed by atoms with van der Waals surface area (Å²) in [5, 5.41) is 12.4. The number of carbonyl (C=O) groups excluding carboxylic acids is 1. The van der Waals surface area contributed by atoms with Crippen LogP contribution in [0.2, 0.25) is 0 Å². The molecule has 0 aliphatic carbocycles. The number of benzene rings is 4. The average molecular weight is 470 g/mol. The molecule has 0 aliphatic heterocycles. The van der Waals surface area contributed by atoms with Crippen molar-refractivity contribution in [1.29, 1.82) is 0 Å². The van der Waals surface area contributed by atoms with Crippen molar-refractivity contribution >= 4 is 33.5 Å². The van der Waals surface area contributed by atoms with E-state index in [2.05, 4.69) is 0 Å². The fourth-order valence-corrected chi connectivity index (χ4v) is 4.22. The molecule has 5 aromatic rings. The van der Waals surface area contributed by atoms with Gasteiger partial charge >= 0.3 is 5.97 Å². The van der Waals surface area contributed by atoms with Crippen molar-refractivity contribution in [2.45, 2.75) is 6.54 Å². The van der Waals surface area contributed by atoms with E-state index in [1.54, 1.807) is 31.4 Å². The van der Waals surface area contributed by atoms with Crippen molar-refractivity contribution in [2.24, 2.45) is 0 Å². The van der Waals surface area contributed by atoms with Crippen LogP contribution in [0.15, 0.2) is 84.9 Å². The maximum atomic E-state index is 13.5. The van der Waals surface area contributed by atoms with Gasteiger partial charge in [0.15, 0.2) is 0 Å². The fourth-order valence-electron chi connectivity index (χ4n) is 4.22. The second-order valence-electron chi connectivity index (χ2n) is 7.91. The van der Waals surface area contributed by atoms with Crippen LogP contribution in [0.3, 0.4) is 0 Å². The first-order valence-corrected chi connectivity index (χ1v) is 10.8. The molecule has 0 unspecified atom stereocenters. The maximum Gasteiger partial charge on any atom is 0.344 e. The van der Waals surface area contributed by atoms with E-state index < -0.39 is 10.9 Å². The molecular weight excluding hydrogens is 451 g/mol. The number of aromatic nitrogens is 1. The van der Waals surface area contributed by atoms with Gasteiger partial charge in [-0.05, 0) is 48.0 Å². The van der Waals surface area contributed by atoms with E-state index in [-0.39, 0.29) is 17.3 Å². The Kier molecular flexibility index (Phi) is 5.62. The number of hydrogen-bond acceptors (Lipinski definition) is 5. The van der Waals surface area contributed by atoms with Crippen LogP contribution in [-0.2, 0) is 6.54 Å². The van der Waals surface area contributed by atoms with Crippen LogP contribution in [0.1, 0.15) is 15.9 Å². The first-order valence-electron chi connectivity index (χ1n) is 10.8. The largest absolute Gasteiger partial charge is 0.495 e. The van der Waals surface area contributed by atoms with Crippen LogP contribution in [-0.4, -0.2) is 22.6 Å². The lowest BCUT2D eigenvalue weighted by Crippen LogP contribution is -2.09. The van der Waals surface area contributed by atoms with Crippen LogP contribution in [0, 0.1) is 15.9 Å². The molecule has 1 heterocycles. The monoisotopic (exact) mass is 470 g/mol. The minimum Gasteiger partial charge on any atom is -0.495 e. The molecule has 0 radical (unpaired) electrons. The van der Waals surface area contributed by atoms with Crippen molar-refractivity contribution in [3.8, 4) is 11.5 Å². The molecule has 35 heavy (non-hydrogen) atoms. The summed E-state index contributed by atoms with van der Waals surface area (Å²) < 4.78 is 26.7. The lowest BCUT2D eigenvalue weighted by Gasteiger charge is -2.12. The first kappa shape index (κ1) is 22.1. The Hall–Kier alpha value is -4.72. The Bertz CT molecular complexity index is 1570. The van der Waals surface area contributed by atoms with Gasteiger partial charge in [-0.1, -0.05) is 30.3 Å². The Labute approximate surface area is 199 Å². The number of para-hydroxylation sites is 1. The summed E-state index contributed by atoms with van der Waals surface area (Å²) in [4.78, 5) is 23.6. The number of fused-ring (bicyclic) bond motifs is 3. The van der Waals surface area contributed by atoms with Gasteiger partial charge in [-0.15, -0.1) is 0 Å². The molecule has 174 valence electrons. The zero-order valence-corrected chi connectivity index (χ0v) is 18.6. The Balaban J connectivity index is 1.65. The second-order valence-corrected chi connectivity index (χ2v) is 7.91. The SMILES string of the molecule is COc1ccc(C(=O)Oc2ccc([N+](=O)[O-])cc2)c2c3ccccc3n(Cc3ccc(F)cc3)c12. The van der Waals surface area contributed by atoms with Gasteiger partial charge in [-0.25, -0.2) is 9.18 Å². The van der Waals surface area contributed by atoms with Crippen molar-refractivity contribution in [1.82, 2.24) is 4.57 Å². The summed E-state index contributed by atoms with van der Waals surface area (Å²) in [5.41, 5.74) is 2.69. The van der Waals surface area contributed by atoms with E-state index in [4.69, 9.17) is 9.47 Å². The van der Waals surface area contributed by atoms with Crippen molar-refractivity contribution in [3.63, 3.8) is 0 Å². The van der Waals surface area contributed by atoms with Crippen molar-refractivity contribution in [2.75, 3.05) is 7.11 Å². The van der Waals surface area contributed by atoms with Gasteiger partial charge in [0.25, 0.3) is 5.69 Å². The summed E-state index contributed by atoms with van der Waals surface area (Å²) in [5.74, 6) is -0.147. The van der Waals surface area contributed by atoms with E-state index in [1.165, 1.54) is 36.4 Å². The molecule has 0 bridgehead atoms. The predicted octanol–water partition coefficient (Wildman–Crippen LogP) is 6.12. The zero-order chi connectivity index (χ0) is 24.5. The highest BCUT2D eigenvalue weighted by Gasteiger charge is 2.22. The smallest absolute Gasteiger partial charge is 0.344 e. The molecule has 0 fully saturated rings. The van der Waals surface area contributed by atoms with E-state index in [0.29, 0.717) is 28.8 Å². The minimum atomic E-state index is -0.601. The average Bonchev–Trinajstić information content (AvgIpc) is 3.19. The van der Waals surface area contributed by atoms with Gasteiger partial charge < -0.3 is 14.0 Å². The third-order valence-corrected chi connectivity index (χ3v) is 5.83.